The smallest absolute Gasteiger partial charge is 0.265 e. The Kier molecular flexibility index (Phi) is 2.28. The van der Waals surface area contributed by atoms with Crippen molar-refractivity contribution in [3.8, 4) is 0 Å². The lowest BCUT2D eigenvalue weighted by molar-refractivity contribution is -0.153. The highest BCUT2D eigenvalue weighted by Crippen LogP contribution is 2.41. The van der Waals surface area contributed by atoms with E-state index in [0.29, 0.717) is 6.61 Å². The molecule has 4 nitrogen and oxygen atoms in total. The predicted molar refractivity (Wildman–Crippen MR) is 51.0 cm³/mol. The average molecular weight is 217 g/mol. The number of nitrogens with zero attached hydrogens (tertiary/aromatic N) is 1. The molecule has 2 heterocycles. The normalized spacial score (nSPS) is 38.5. The van der Waals surface area contributed by atoms with Crippen molar-refractivity contribution in [2.75, 3.05) is 20.3 Å². The SMILES string of the molecule is COCC1(F)CC2COC(C)(C)N2C1=O. The molecule has 0 saturated carbocycles. The Bertz CT molecular complexity index is 294. The standard InChI is InChI=1S/C10H16FNO3/c1-9(2)12-7(5-15-9)4-10(11,6-14-3)8(12)13/h7H,4-6H2,1-3H3. The first-order valence-electron chi connectivity index (χ1n) is 5.06. The van der Waals surface area contributed by atoms with Crippen LogP contribution < -0.4 is 0 Å². The second-order valence-electron chi connectivity index (χ2n) is 4.69. The highest BCUT2D eigenvalue weighted by atomic mass is 19.1. The van der Waals surface area contributed by atoms with E-state index in [2.05, 4.69) is 0 Å². The lowest BCUT2D eigenvalue weighted by atomic mass is 10.0. The molecule has 86 valence electrons. The summed E-state index contributed by atoms with van der Waals surface area (Å²) >= 11 is 0. The fourth-order valence-electron chi connectivity index (χ4n) is 2.47. The van der Waals surface area contributed by atoms with E-state index in [4.69, 9.17) is 9.47 Å². The fraction of sp³-hybridized carbons (Fsp3) is 0.900. The number of hydrogen-bond donors (Lipinski definition) is 0. The van der Waals surface area contributed by atoms with Crippen molar-refractivity contribution >= 4 is 5.91 Å². The van der Waals surface area contributed by atoms with Gasteiger partial charge < -0.3 is 14.4 Å². The molecule has 0 aromatic carbocycles. The number of ether oxygens (including phenoxy) is 2. The summed E-state index contributed by atoms with van der Waals surface area (Å²) in [5.74, 6) is -0.503. The first kappa shape index (κ1) is 10.8. The van der Waals surface area contributed by atoms with Crippen LogP contribution in [0.3, 0.4) is 0 Å². The molecule has 15 heavy (non-hydrogen) atoms. The largest absolute Gasteiger partial charge is 0.381 e. The summed E-state index contributed by atoms with van der Waals surface area (Å²) in [6, 6.07) is -0.146. The maximum absolute atomic E-state index is 14.2. The molecule has 0 spiro atoms. The predicted octanol–water partition coefficient (Wildman–Crippen LogP) is 0.708. The summed E-state index contributed by atoms with van der Waals surface area (Å²) in [7, 11) is 1.40. The van der Waals surface area contributed by atoms with Gasteiger partial charge in [-0.1, -0.05) is 0 Å². The molecule has 2 saturated heterocycles. The van der Waals surface area contributed by atoms with Crippen LogP contribution in [0.25, 0.3) is 0 Å². The third kappa shape index (κ3) is 1.45. The van der Waals surface area contributed by atoms with Gasteiger partial charge in [-0.05, 0) is 13.8 Å². The van der Waals surface area contributed by atoms with Gasteiger partial charge in [0.25, 0.3) is 5.91 Å². The zero-order valence-corrected chi connectivity index (χ0v) is 9.25. The third-order valence-corrected chi connectivity index (χ3v) is 3.11. The highest BCUT2D eigenvalue weighted by Gasteiger charge is 2.59. The number of halogens is 1. The van der Waals surface area contributed by atoms with Crippen molar-refractivity contribution in [2.24, 2.45) is 0 Å². The Morgan fingerprint density at radius 2 is 2.33 bits per heavy atom. The molecule has 2 rings (SSSR count). The van der Waals surface area contributed by atoms with Crippen LogP contribution in [0.4, 0.5) is 4.39 Å². The molecular formula is C10H16FNO3. The maximum atomic E-state index is 14.2. The Morgan fingerprint density at radius 1 is 1.67 bits per heavy atom. The van der Waals surface area contributed by atoms with E-state index >= 15 is 0 Å². The van der Waals surface area contributed by atoms with Crippen LogP contribution in [0.15, 0.2) is 0 Å². The molecule has 5 heteroatoms. The van der Waals surface area contributed by atoms with Crippen LogP contribution >= 0.6 is 0 Å². The van der Waals surface area contributed by atoms with Crippen LogP contribution in [0, 0.1) is 0 Å². The van der Waals surface area contributed by atoms with Gasteiger partial charge in [-0.2, -0.15) is 0 Å². The van der Waals surface area contributed by atoms with E-state index in [9.17, 15) is 9.18 Å². The highest BCUT2D eigenvalue weighted by molar-refractivity contribution is 5.88. The average Bonchev–Trinajstić information content (AvgIpc) is 2.53. The zero-order valence-electron chi connectivity index (χ0n) is 9.25. The van der Waals surface area contributed by atoms with Gasteiger partial charge in [0, 0.05) is 13.5 Å². The quantitative estimate of drug-likeness (QED) is 0.683. The Morgan fingerprint density at radius 3 is 2.87 bits per heavy atom. The molecule has 2 fully saturated rings. The van der Waals surface area contributed by atoms with Crippen LogP contribution in [-0.2, 0) is 14.3 Å². The second kappa shape index (κ2) is 3.15. The van der Waals surface area contributed by atoms with Crippen LogP contribution in [0.1, 0.15) is 20.3 Å². The molecule has 0 bridgehead atoms. The summed E-state index contributed by atoms with van der Waals surface area (Å²) in [5, 5.41) is 0. The van der Waals surface area contributed by atoms with Crippen LogP contribution in [0.2, 0.25) is 0 Å². The molecule has 1 amide bonds. The summed E-state index contributed by atoms with van der Waals surface area (Å²) in [6.45, 7) is 3.80. The molecule has 0 radical (unpaired) electrons. The molecular weight excluding hydrogens is 201 g/mol. The van der Waals surface area contributed by atoms with Gasteiger partial charge >= 0.3 is 0 Å². The van der Waals surface area contributed by atoms with Gasteiger partial charge in [-0.15, -0.1) is 0 Å². The number of rotatable bonds is 2. The van der Waals surface area contributed by atoms with Crippen molar-refractivity contribution in [3.63, 3.8) is 0 Å². The number of amides is 1. The molecule has 0 aromatic rings. The minimum absolute atomic E-state index is 0.146. The summed E-state index contributed by atoms with van der Waals surface area (Å²) in [6.07, 6.45) is 0.170. The lowest BCUT2D eigenvalue weighted by Crippen LogP contribution is -2.48. The summed E-state index contributed by atoms with van der Waals surface area (Å²) < 4.78 is 24.4. The number of alkyl halides is 1. The van der Waals surface area contributed by atoms with E-state index in [1.165, 1.54) is 12.0 Å². The van der Waals surface area contributed by atoms with Gasteiger partial charge in [0.2, 0.25) is 5.67 Å². The van der Waals surface area contributed by atoms with Gasteiger partial charge in [-0.25, -0.2) is 4.39 Å². The molecule has 0 N–H and O–H groups in total. The van der Waals surface area contributed by atoms with Crippen molar-refractivity contribution in [1.82, 2.24) is 4.90 Å². The number of hydrogen-bond acceptors (Lipinski definition) is 3. The van der Waals surface area contributed by atoms with Gasteiger partial charge in [0.1, 0.15) is 5.72 Å². The number of fused-ring (bicyclic) bond motifs is 1. The third-order valence-electron chi connectivity index (χ3n) is 3.11. The number of carbonyl (C=O) groups is 1. The van der Waals surface area contributed by atoms with Crippen molar-refractivity contribution in [1.29, 1.82) is 0 Å². The maximum Gasteiger partial charge on any atom is 0.265 e. The number of carbonyl (C=O) groups excluding carboxylic acids is 1. The van der Waals surface area contributed by atoms with E-state index in [1.807, 2.05) is 0 Å². The van der Waals surface area contributed by atoms with Crippen molar-refractivity contribution in [3.05, 3.63) is 0 Å². The Labute approximate surface area is 88.3 Å². The first-order valence-corrected chi connectivity index (χ1v) is 5.06. The molecule has 2 aliphatic heterocycles. The molecule has 2 atom stereocenters. The first-order chi connectivity index (χ1) is 6.91. The molecule has 2 aliphatic rings. The monoisotopic (exact) mass is 217 g/mol. The number of methoxy groups -OCH3 is 1. The van der Waals surface area contributed by atoms with Gasteiger partial charge in [0.15, 0.2) is 0 Å². The summed E-state index contributed by atoms with van der Waals surface area (Å²) in [5.41, 5.74) is -2.55. The van der Waals surface area contributed by atoms with Crippen LogP contribution in [0.5, 0.6) is 0 Å². The van der Waals surface area contributed by atoms with E-state index in [1.54, 1.807) is 13.8 Å². The minimum Gasteiger partial charge on any atom is -0.381 e. The lowest BCUT2D eigenvalue weighted by Gasteiger charge is -2.30. The van der Waals surface area contributed by atoms with Crippen LogP contribution in [-0.4, -0.2) is 48.6 Å². The fourth-order valence-corrected chi connectivity index (χ4v) is 2.47. The molecule has 0 aliphatic carbocycles. The Balaban J connectivity index is 2.24. The van der Waals surface area contributed by atoms with Gasteiger partial charge in [0.05, 0.1) is 19.3 Å². The Hall–Kier alpha value is -0.680. The second-order valence-corrected chi connectivity index (χ2v) is 4.69. The van der Waals surface area contributed by atoms with E-state index < -0.39 is 17.3 Å². The topological polar surface area (TPSA) is 38.8 Å². The molecule has 2 unspecified atom stereocenters. The summed E-state index contributed by atoms with van der Waals surface area (Å²) in [4.78, 5) is 13.4. The van der Waals surface area contributed by atoms with E-state index in [-0.39, 0.29) is 19.1 Å². The zero-order chi connectivity index (χ0) is 11.3. The van der Waals surface area contributed by atoms with Crippen molar-refractivity contribution < 1.29 is 18.7 Å². The minimum atomic E-state index is -1.86. The molecule has 0 aromatic heterocycles. The van der Waals surface area contributed by atoms with Crippen molar-refractivity contribution in [2.45, 2.75) is 37.7 Å². The van der Waals surface area contributed by atoms with E-state index in [0.717, 1.165) is 0 Å². The van der Waals surface area contributed by atoms with Gasteiger partial charge in [-0.3, -0.25) is 4.79 Å².